The maximum Gasteiger partial charge on any atom is 0.293 e. The van der Waals surface area contributed by atoms with Crippen LogP contribution in [0.15, 0.2) is 22.7 Å². The topological polar surface area (TPSA) is 96.7 Å². The second-order valence-electron chi connectivity index (χ2n) is 3.12. The fraction of sp³-hybridized carbons (Fsp3) is 0. The molecular weight excluding hydrogens is 293 g/mol. The number of nitrogens with zero attached hydrogens (tertiary/aromatic N) is 2. The molecule has 4 N–H and O–H groups in total. The molecular formula is C9H7BrFN5O. The lowest BCUT2D eigenvalue weighted by molar-refractivity contribution is 0.101. The molecule has 1 amide bonds. The quantitative estimate of drug-likeness (QED) is 0.783. The van der Waals surface area contributed by atoms with Gasteiger partial charge < -0.3 is 11.1 Å². The van der Waals surface area contributed by atoms with Crippen molar-refractivity contribution in [2.45, 2.75) is 0 Å². The fourth-order valence-electron chi connectivity index (χ4n) is 1.15. The van der Waals surface area contributed by atoms with Gasteiger partial charge >= 0.3 is 0 Å². The highest BCUT2D eigenvalue weighted by atomic mass is 79.9. The van der Waals surface area contributed by atoms with Crippen molar-refractivity contribution < 1.29 is 9.18 Å². The number of nitrogen functional groups attached to an aromatic ring is 1. The van der Waals surface area contributed by atoms with E-state index in [-0.39, 0.29) is 11.8 Å². The highest BCUT2D eigenvalue weighted by molar-refractivity contribution is 9.10. The van der Waals surface area contributed by atoms with Crippen LogP contribution in [-0.4, -0.2) is 21.1 Å². The molecule has 1 heterocycles. The Morgan fingerprint density at radius 1 is 1.53 bits per heavy atom. The van der Waals surface area contributed by atoms with Crippen LogP contribution in [0.5, 0.6) is 0 Å². The number of aromatic amines is 1. The maximum absolute atomic E-state index is 12.8. The van der Waals surface area contributed by atoms with E-state index in [4.69, 9.17) is 5.73 Å². The van der Waals surface area contributed by atoms with E-state index in [1.54, 1.807) is 0 Å². The molecule has 1 aromatic heterocycles. The van der Waals surface area contributed by atoms with Crippen LogP contribution in [0.1, 0.15) is 10.6 Å². The maximum atomic E-state index is 12.8. The number of aromatic nitrogens is 3. The van der Waals surface area contributed by atoms with Gasteiger partial charge in [-0.05, 0) is 34.1 Å². The molecule has 17 heavy (non-hydrogen) atoms. The number of hydrogen-bond acceptors (Lipinski definition) is 4. The predicted molar refractivity (Wildman–Crippen MR) is 62.8 cm³/mol. The van der Waals surface area contributed by atoms with Crippen LogP contribution >= 0.6 is 15.9 Å². The first-order valence-electron chi connectivity index (χ1n) is 4.50. The SMILES string of the molecule is Nc1n[nH]c(C(=O)Nc2ccc(F)cc2Br)n1. The summed E-state index contributed by atoms with van der Waals surface area (Å²) in [6.45, 7) is 0. The van der Waals surface area contributed by atoms with Crippen molar-refractivity contribution in [1.29, 1.82) is 0 Å². The average molecular weight is 300 g/mol. The van der Waals surface area contributed by atoms with Gasteiger partial charge in [-0.15, -0.1) is 5.10 Å². The first-order valence-corrected chi connectivity index (χ1v) is 5.30. The third-order valence-corrected chi connectivity index (χ3v) is 2.55. The summed E-state index contributed by atoms with van der Waals surface area (Å²) in [6, 6.07) is 3.90. The van der Waals surface area contributed by atoms with Gasteiger partial charge in [-0.2, -0.15) is 4.98 Å². The Bertz CT molecular complexity index is 570. The number of nitrogens with two attached hydrogens (primary N) is 1. The van der Waals surface area contributed by atoms with Crippen molar-refractivity contribution in [1.82, 2.24) is 15.2 Å². The molecule has 0 unspecified atom stereocenters. The molecule has 0 saturated carbocycles. The summed E-state index contributed by atoms with van der Waals surface area (Å²) in [5.74, 6) is -0.952. The Balaban J connectivity index is 2.18. The number of hydrogen-bond donors (Lipinski definition) is 3. The molecule has 0 atom stereocenters. The third kappa shape index (κ3) is 2.59. The van der Waals surface area contributed by atoms with Gasteiger partial charge in [0.05, 0.1) is 5.69 Å². The molecule has 88 valence electrons. The van der Waals surface area contributed by atoms with Gasteiger partial charge in [0.1, 0.15) is 5.82 Å². The number of halogens is 2. The second-order valence-corrected chi connectivity index (χ2v) is 3.97. The summed E-state index contributed by atoms with van der Waals surface area (Å²) >= 11 is 3.13. The molecule has 0 fully saturated rings. The number of nitrogens with one attached hydrogen (secondary N) is 2. The van der Waals surface area contributed by atoms with Gasteiger partial charge in [0.25, 0.3) is 5.91 Å². The van der Waals surface area contributed by atoms with Gasteiger partial charge in [0, 0.05) is 4.47 Å². The van der Waals surface area contributed by atoms with E-state index in [1.165, 1.54) is 18.2 Å². The molecule has 0 radical (unpaired) electrons. The Morgan fingerprint density at radius 3 is 2.88 bits per heavy atom. The smallest absolute Gasteiger partial charge is 0.293 e. The number of anilines is 2. The van der Waals surface area contributed by atoms with Crippen LogP contribution < -0.4 is 11.1 Å². The Labute approximate surface area is 104 Å². The Kier molecular flexibility index (Phi) is 3.05. The van der Waals surface area contributed by atoms with E-state index in [9.17, 15) is 9.18 Å². The number of carbonyl (C=O) groups excluding carboxylic acids is 1. The molecule has 0 spiro atoms. The minimum atomic E-state index is -0.512. The van der Waals surface area contributed by atoms with Gasteiger partial charge in [-0.1, -0.05) is 0 Å². The van der Waals surface area contributed by atoms with Crippen molar-refractivity contribution in [3.63, 3.8) is 0 Å². The average Bonchev–Trinajstić information content (AvgIpc) is 2.69. The van der Waals surface area contributed by atoms with Crippen LogP contribution in [0, 0.1) is 5.82 Å². The van der Waals surface area contributed by atoms with Gasteiger partial charge in [-0.25, -0.2) is 4.39 Å². The predicted octanol–water partition coefficient (Wildman–Crippen LogP) is 1.54. The highest BCUT2D eigenvalue weighted by Gasteiger charge is 2.12. The van der Waals surface area contributed by atoms with Crippen LogP contribution in [-0.2, 0) is 0 Å². The van der Waals surface area contributed by atoms with E-state index in [0.717, 1.165) is 0 Å². The van der Waals surface area contributed by atoms with Gasteiger partial charge in [0.2, 0.25) is 11.8 Å². The summed E-state index contributed by atoms with van der Waals surface area (Å²) in [5.41, 5.74) is 5.69. The number of amides is 1. The van der Waals surface area contributed by atoms with E-state index in [1.807, 2.05) is 0 Å². The summed E-state index contributed by atoms with van der Waals surface area (Å²) in [7, 11) is 0. The van der Waals surface area contributed by atoms with Crippen molar-refractivity contribution in [2.24, 2.45) is 0 Å². The second kappa shape index (κ2) is 4.50. The van der Waals surface area contributed by atoms with Crippen LogP contribution in [0.2, 0.25) is 0 Å². The Morgan fingerprint density at radius 2 is 2.29 bits per heavy atom. The monoisotopic (exact) mass is 299 g/mol. The minimum absolute atomic E-state index is 0.0151. The lowest BCUT2D eigenvalue weighted by Gasteiger charge is -2.05. The fourth-order valence-corrected chi connectivity index (χ4v) is 1.60. The number of benzene rings is 1. The normalized spacial score (nSPS) is 10.2. The highest BCUT2D eigenvalue weighted by Crippen LogP contribution is 2.23. The lowest BCUT2D eigenvalue weighted by Crippen LogP contribution is -2.14. The van der Waals surface area contributed by atoms with Crippen LogP contribution in [0.4, 0.5) is 16.0 Å². The van der Waals surface area contributed by atoms with Crippen molar-refractivity contribution in [3.8, 4) is 0 Å². The van der Waals surface area contributed by atoms with Crippen molar-refractivity contribution in [2.75, 3.05) is 11.1 Å². The van der Waals surface area contributed by atoms with Crippen molar-refractivity contribution >= 4 is 33.5 Å². The van der Waals surface area contributed by atoms with E-state index < -0.39 is 11.7 Å². The molecule has 2 aromatic rings. The molecule has 0 aliphatic heterocycles. The molecule has 0 aliphatic carbocycles. The number of carbonyl (C=O) groups is 1. The number of H-pyrrole nitrogens is 1. The molecule has 6 nitrogen and oxygen atoms in total. The molecule has 0 aliphatic rings. The molecule has 2 rings (SSSR count). The largest absolute Gasteiger partial charge is 0.366 e. The molecule has 0 bridgehead atoms. The zero-order valence-electron chi connectivity index (χ0n) is 8.37. The zero-order valence-corrected chi connectivity index (χ0v) is 9.95. The summed E-state index contributed by atoms with van der Waals surface area (Å²) in [6.07, 6.45) is 0. The third-order valence-electron chi connectivity index (χ3n) is 1.90. The van der Waals surface area contributed by atoms with Gasteiger partial charge in [-0.3, -0.25) is 9.89 Å². The Hall–Kier alpha value is -1.96. The summed E-state index contributed by atoms with van der Waals surface area (Å²) in [5, 5.41) is 8.42. The molecule has 1 aromatic carbocycles. The van der Waals surface area contributed by atoms with Crippen LogP contribution in [0.3, 0.4) is 0 Å². The van der Waals surface area contributed by atoms with E-state index in [0.29, 0.717) is 10.2 Å². The zero-order chi connectivity index (χ0) is 12.4. The molecule has 8 heteroatoms. The van der Waals surface area contributed by atoms with E-state index in [2.05, 4.69) is 36.4 Å². The summed E-state index contributed by atoms with van der Waals surface area (Å²) < 4.78 is 13.3. The standard InChI is InChI=1S/C9H7BrFN5O/c10-5-3-4(11)1-2-6(5)13-8(17)7-14-9(12)16-15-7/h1-3H,(H,13,17)(H3,12,14,15,16). The van der Waals surface area contributed by atoms with Gasteiger partial charge in [0.15, 0.2) is 0 Å². The van der Waals surface area contributed by atoms with Crippen molar-refractivity contribution in [3.05, 3.63) is 34.3 Å². The van der Waals surface area contributed by atoms with E-state index >= 15 is 0 Å². The number of rotatable bonds is 2. The minimum Gasteiger partial charge on any atom is -0.366 e. The lowest BCUT2D eigenvalue weighted by atomic mass is 10.3. The van der Waals surface area contributed by atoms with Crippen LogP contribution in [0.25, 0.3) is 0 Å². The first-order chi connectivity index (χ1) is 8.06. The summed E-state index contributed by atoms with van der Waals surface area (Å²) in [4.78, 5) is 15.3. The first kappa shape index (κ1) is 11.5. The molecule has 0 saturated heterocycles.